The van der Waals surface area contributed by atoms with Gasteiger partial charge in [0.1, 0.15) is 0 Å². The Kier molecular flexibility index (Phi) is 7.95. The minimum absolute atomic E-state index is 0. The van der Waals surface area contributed by atoms with Crippen molar-refractivity contribution in [1.29, 1.82) is 0 Å². The quantitative estimate of drug-likeness (QED) is 0.697. The normalized spacial score (nSPS) is 9.21. The second kappa shape index (κ2) is 8.57. The molecule has 0 atom stereocenters. The number of anilines is 1. The summed E-state index contributed by atoms with van der Waals surface area (Å²) in [6, 6.07) is 10.4. The smallest absolute Gasteiger partial charge is 0.0340 e. The van der Waals surface area contributed by atoms with Gasteiger partial charge in [-0.05, 0) is 18.6 Å². The molecule has 0 bridgehead atoms. The fraction of sp³-hybridized carbons (Fsp3) is 0.500. The Balaban J connectivity index is 0.00000169. The molecule has 0 unspecified atom stereocenters. The molecular formula is C12H21NO. The first-order chi connectivity index (χ1) is 6.43. The van der Waals surface area contributed by atoms with E-state index in [1.807, 2.05) is 6.07 Å². The molecule has 0 heterocycles. The highest BCUT2D eigenvalue weighted by atomic mass is 16.0. The number of para-hydroxylation sites is 1. The molecule has 1 aromatic rings. The lowest BCUT2D eigenvalue weighted by molar-refractivity contribution is 0.685. The summed E-state index contributed by atoms with van der Waals surface area (Å²) in [4.78, 5) is 0. The van der Waals surface area contributed by atoms with Crippen molar-refractivity contribution in [2.75, 3.05) is 11.9 Å². The number of hydrogen-bond acceptors (Lipinski definition) is 1. The lowest BCUT2D eigenvalue weighted by Gasteiger charge is -2.04. The van der Waals surface area contributed by atoms with Crippen LogP contribution in [0.3, 0.4) is 0 Å². The van der Waals surface area contributed by atoms with E-state index in [0.717, 1.165) is 6.54 Å². The van der Waals surface area contributed by atoms with Crippen molar-refractivity contribution >= 4 is 5.69 Å². The predicted octanol–water partition coefficient (Wildman–Crippen LogP) is 2.85. The van der Waals surface area contributed by atoms with Gasteiger partial charge in [-0.1, -0.05) is 44.4 Å². The molecule has 1 aromatic carbocycles. The van der Waals surface area contributed by atoms with E-state index in [2.05, 4.69) is 36.5 Å². The first-order valence-electron chi connectivity index (χ1n) is 5.22. The minimum atomic E-state index is 0. The third-order valence-corrected chi connectivity index (χ3v) is 2.13. The van der Waals surface area contributed by atoms with Crippen LogP contribution < -0.4 is 5.32 Å². The van der Waals surface area contributed by atoms with Gasteiger partial charge in [0.2, 0.25) is 0 Å². The van der Waals surface area contributed by atoms with Crippen LogP contribution in [0.25, 0.3) is 0 Å². The van der Waals surface area contributed by atoms with E-state index in [0.29, 0.717) is 0 Å². The summed E-state index contributed by atoms with van der Waals surface area (Å²) in [5.41, 5.74) is 1.24. The molecule has 0 spiro atoms. The van der Waals surface area contributed by atoms with Gasteiger partial charge in [-0.15, -0.1) is 0 Å². The van der Waals surface area contributed by atoms with Crippen LogP contribution >= 0.6 is 0 Å². The molecule has 0 aliphatic carbocycles. The van der Waals surface area contributed by atoms with Crippen molar-refractivity contribution in [1.82, 2.24) is 0 Å². The first kappa shape index (κ1) is 13.0. The molecule has 0 aliphatic rings. The molecular weight excluding hydrogens is 174 g/mol. The monoisotopic (exact) mass is 195 g/mol. The van der Waals surface area contributed by atoms with E-state index < -0.39 is 0 Å². The van der Waals surface area contributed by atoms with Crippen LogP contribution in [0.15, 0.2) is 30.3 Å². The zero-order valence-electron chi connectivity index (χ0n) is 8.92. The van der Waals surface area contributed by atoms with Crippen LogP contribution in [-0.2, 0) is 0 Å². The average molecular weight is 195 g/mol. The fourth-order valence-electron chi connectivity index (χ4n) is 1.34. The van der Waals surface area contributed by atoms with Gasteiger partial charge in [0.15, 0.2) is 0 Å². The lowest BCUT2D eigenvalue weighted by atomic mass is 10.2. The Hall–Kier alpha value is -1.02. The maximum atomic E-state index is 3.40. The van der Waals surface area contributed by atoms with Crippen molar-refractivity contribution < 1.29 is 5.48 Å². The second-order valence-electron chi connectivity index (χ2n) is 3.35. The van der Waals surface area contributed by atoms with Crippen LogP contribution in [0, 0.1) is 0 Å². The van der Waals surface area contributed by atoms with Crippen LogP contribution in [0.1, 0.15) is 32.6 Å². The fourth-order valence-corrected chi connectivity index (χ4v) is 1.34. The van der Waals surface area contributed by atoms with E-state index in [1.54, 1.807) is 0 Å². The molecule has 0 aromatic heterocycles. The highest BCUT2D eigenvalue weighted by Gasteiger charge is 1.89. The summed E-state index contributed by atoms with van der Waals surface area (Å²) < 4.78 is 0. The minimum Gasteiger partial charge on any atom is -0.412 e. The molecule has 0 radical (unpaired) electrons. The molecule has 0 saturated carbocycles. The van der Waals surface area contributed by atoms with Crippen molar-refractivity contribution in [2.45, 2.75) is 32.6 Å². The molecule has 0 aliphatic heterocycles. The van der Waals surface area contributed by atoms with Crippen molar-refractivity contribution in [3.05, 3.63) is 30.3 Å². The third-order valence-electron chi connectivity index (χ3n) is 2.13. The lowest BCUT2D eigenvalue weighted by Crippen LogP contribution is -2.00. The zero-order chi connectivity index (χ0) is 9.36. The van der Waals surface area contributed by atoms with E-state index >= 15 is 0 Å². The topological polar surface area (TPSA) is 43.5 Å². The highest BCUT2D eigenvalue weighted by molar-refractivity contribution is 5.42. The summed E-state index contributed by atoms with van der Waals surface area (Å²) in [5, 5.41) is 3.40. The van der Waals surface area contributed by atoms with Crippen LogP contribution in [0.4, 0.5) is 5.69 Å². The molecule has 80 valence electrons. The second-order valence-corrected chi connectivity index (χ2v) is 3.35. The molecule has 0 saturated heterocycles. The van der Waals surface area contributed by atoms with Crippen molar-refractivity contribution in [2.24, 2.45) is 0 Å². The molecule has 14 heavy (non-hydrogen) atoms. The first-order valence-corrected chi connectivity index (χ1v) is 5.22. The van der Waals surface area contributed by atoms with Gasteiger partial charge >= 0.3 is 0 Å². The van der Waals surface area contributed by atoms with E-state index in [4.69, 9.17) is 0 Å². The standard InChI is InChI=1S/C12H19N.H2O/c1-2-3-4-8-11-13-12-9-6-5-7-10-12;/h5-7,9-10,13H,2-4,8,11H2,1H3;1H2. The van der Waals surface area contributed by atoms with Gasteiger partial charge in [-0.3, -0.25) is 0 Å². The summed E-state index contributed by atoms with van der Waals surface area (Å²) in [6.07, 6.45) is 5.29. The predicted molar refractivity (Wildman–Crippen MR) is 62.7 cm³/mol. The highest BCUT2D eigenvalue weighted by Crippen LogP contribution is 2.05. The maximum Gasteiger partial charge on any atom is 0.0340 e. The van der Waals surface area contributed by atoms with E-state index in [-0.39, 0.29) is 5.48 Å². The van der Waals surface area contributed by atoms with Gasteiger partial charge in [-0.2, -0.15) is 0 Å². The SMILES string of the molecule is CCCCCCNc1ccccc1.O. The molecule has 0 amide bonds. The number of nitrogens with one attached hydrogen (secondary N) is 1. The van der Waals surface area contributed by atoms with Gasteiger partial charge in [0.25, 0.3) is 0 Å². The van der Waals surface area contributed by atoms with Gasteiger partial charge in [0, 0.05) is 12.2 Å². The van der Waals surface area contributed by atoms with Gasteiger partial charge in [-0.25, -0.2) is 0 Å². The van der Waals surface area contributed by atoms with Crippen molar-refractivity contribution in [3.8, 4) is 0 Å². The summed E-state index contributed by atoms with van der Waals surface area (Å²) in [6.45, 7) is 3.34. The van der Waals surface area contributed by atoms with Gasteiger partial charge < -0.3 is 10.8 Å². The number of rotatable bonds is 6. The van der Waals surface area contributed by atoms with Crippen LogP contribution in [-0.4, -0.2) is 12.0 Å². The van der Waals surface area contributed by atoms with Crippen molar-refractivity contribution in [3.63, 3.8) is 0 Å². The Bertz CT molecular complexity index is 211. The Morgan fingerprint density at radius 2 is 1.71 bits per heavy atom. The number of hydrogen-bond donors (Lipinski definition) is 1. The summed E-state index contributed by atoms with van der Waals surface area (Å²) in [5.74, 6) is 0. The molecule has 3 N–H and O–H groups in total. The summed E-state index contributed by atoms with van der Waals surface area (Å²) >= 11 is 0. The largest absolute Gasteiger partial charge is 0.412 e. The van der Waals surface area contributed by atoms with Crippen LogP contribution in [0.5, 0.6) is 0 Å². The number of unbranched alkanes of at least 4 members (excludes halogenated alkanes) is 3. The Labute approximate surface area is 86.7 Å². The Morgan fingerprint density at radius 1 is 1.00 bits per heavy atom. The average Bonchev–Trinajstić information content (AvgIpc) is 2.19. The third kappa shape index (κ3) is 5.60. The van der Waals surface area contributed by atoms with E-state index in [1.165, 1.54) is 31.4 Å². The number of benzene rings is 1. The molecule has 2 heteroatoms. The van der Waals surface area contributed by atoms with Gasteiger partial charge in [0.05, 0.1) is 0 Å². The summed E-state index contributed by atoms with van der Waals surface area (Å²) in [7, 11) is 0. The zero-order valence-corrected chi connectivity index (χ0v) is 8.92. The molecule has 1 rings (SSSR count). The maximum absolute atomic E-state index is 3.40. The Morgan fingerprint density at radius 3 is 2.36 bits per heavy atom. The van der Waals surface area contributed by atoms with E-state index in [9.17, 15) is 0 Å². The molecule has 0 fully saturated rings. The van der Waals surface area contributed by atoms with Crippen LogP contribution in [0.2, 0.25) is 0 Å². The molecule has 2 nitrogen and oxygen atoms in total.